The molecule has 1 N–H and O–H groups in total. The van der Waals surface area contributed by atoms with Crippen molar-refractivity contribution in [1.29, 1.82) is 0 Å². The summed E-state index contributed by atoms with van der Waals surface area (Å²) in [6.45, 7) is 2.07. The van der Waals surface area contributed by atoms with Crippen molar-refractivity contribution in [3.05, 3.63) is 18.6 Å². The quantitative estimate of drug-likeness (QED) is 0.817. The summed E-state index contributed by atoms with van der Waals surface area (Å²) in [4.78, 5) is 7.99. The Balaban J connectivity index is 1.91. The Morgan fingerprint density at radius 1 is 1.53 bits per heavy atom. The molecule has 0 spiro atoms. The summed E-state index contributed by atoms with van der Waals surface area (Å²) < 4.78 is 11.9. The summed E-state index contributed by atoms with van der Waals surface area (Å²) in [5.74, 6) is 1.22. The van der Waals surface area contributed by atoms with Gasteiger partial charge < -0.3 is 5.32 Å². The second-order valence-corrected chi connectivity index (χ2v) is 5.21. The Morgan fingerprint density at radius 3 is 3.13 bits per heavy atom. The Bertz CT molecular complexity index is 325. The fourth-order valence-electron chi connectivity index (χ4n) is 1.77. The van der Waals surface area contributed by atoms with Gasteiger partial charge in [0.05, 0.1) is 17.0 Å². The molecule has 5 heteroatoms. The summed E-state index contributed by atoms with van der Waals surface area (Å²) in [5, 5.41) is 3.92. The minimum Gasteiger partial charge on any atom is -0.316 e. The van der Waals surface area contributed by atoms with Crippen LogP contribution in [0.3, 0.4) is 0 Å². The third-order valence-corrected chi connectivity index (χ3v) is 4.01. The molecule has 0 unspecified atom stereocenters. The van der Waals surface area contributed by atoms with E-state index in [9.17, 15) is 4.21 Å². The maximum atomic E-state index is 11.9. The van der Waals surface area contributed by atoms with E-state index >= 15 is 0 Å². The van der Waals surface area contributed by atoms with E-state index in [4.69, 9.17) is 0 Å². The molecule has 0 bridgehead atoms. The molecular weight excluding hydrogens is 210 g/mol. The summed E-state index contributed by atoms with van der Waals surface area (Å²) in [6, 6.07) is 0. The van der Waals surface area contributed by atoms with Gasteiger partial charge in [0, 0.05) is 18.1 Å². The van der Waals surface area contributed by atoms with Crippen LogP contribution < -0.4 is 5.32 Å². The van der Waals surface area contributed by atoms with Crippen molar-refractivity contribution in [3.8, 4) is 0 Å². The summed E-state index contributed by atoms with van der Waals surface area (Å²) in [5.41, 5.74) is 0. The van der Waals surface area contributed by atoms with Gasteiger partial charge in [-0.15, -0.1) is 0 Å². The number of aromatic nitrogens is 2. The second-order valence-electron chi connectivity index (χ2n) is 3.77. The summed E-state index contributed by atoms with van der Waals surface area (Å²) in [6.07, 6.45) is 7.13. The van der Waals surface area contributed by atoms with E-state index in [1.54, 1.807) is 18.6 Å². The third kappa shape index (κ3) is 3.07. The zero-order chi connectivity index (χ0) is 10.5. The molecule has 1 aromatic rings. The van der Waals surface area contributed by atoms with Crippen LogP contribution in [0.4, 0.5) is 0 Å². The van der Waals surface area contributed by atoms with Gasteiger partial charge in [-0.1, -0.05) is 0 Å². The van der Waals surface area contributed by atoms with E-state index in [2.05, 4.69) is 15.3 Å². The highest BCUT2D eigenvalue weighted by Gasteiger charge is 2.17. The maximum Gasteiger partial charge on any atom is 0.145 e. The molecule has 0 aliphatic carbocycles. The van der Waals surface area contributed by atoms with Gasteiger partial charge in [-0.3, -0.25) is 9.19 Å². The molecule has 1 fully saturated rings. The molecule has 0 radical (unpaired) electrons. The summed E-state index contributed by atoms with van der Waals surface area (Å²) in [7, 11) is -0.995. The fourth-order valence-corrected chi connectivity index (χ4v) is 3.01. The van der Waals surface area contributed by atoms with E-state index in [-0.39, 0.29) is 0 Å². The smallest absolute Gasteiger partial charge is 0.145 e. The van der Waals surface area contributed by atoms with Crippen LogP contribution >= 0.6 is 0 Å². The highest BCUT2D eigenvalue weighted by molar-refractivity contribution is 7.84. The maximum absolute atomic E-state index is 11.9. The lowest BCUT2D eigenvalue weighted by Crippen LogP contribution is -2.32. The van der Waals surface area contributed by atoms with Crippen LogP contribution in [0.2, 0.25) is 0 Å². The van der Waals surface area contributed by atoms with Gasteiger partial charge in [-0.25, -0.2) is 4.98 Å². The van der Waals surface area contributed by atoms with E-state index in [1.807, 2.05) is 0 Å². The zero-order valence-electron chi connectivity index (χ0n) is 8.56. The minimum absolute atomic E-state index is 0.515. The number of hydrogen-bond acceptors (Lipinski definition) is 4. The average molecular weight is 225 g/mol. The highest BCUT2D eigenvalue weighted by Crippen LogP contribution is 2.13. The van der Waals surface area contributed by atoms with Crippen molar-refractivity contribution in [3.63, 3.8) is 0 Å². The van der Waals surface area contributed by atoms with Gasteiger partial charge in [0.25, 0.3) is 0 Å². The van der Waals surface area contributed by atoms with Gasteiger partial charge in [0.1, 0.15) is 5.03 Å². The lowest BCUT2D eigenvalue weighted by molar-refractivity contribution is 0.408. The van der Waals surface area contributed by atoms with Crippen LogP contribution in [0.1, 0.15) is 12.8 Å². The third-order valence-electron chi connectivity index (χ3n) is 2.56. The zero-order valence-corrected chi connectivity index (χ0v) is 9.37. The fraction of sp³-hybridized carbons (Fsp3) is 0.600. The first kappa shape index (κ1) is 10.7. The minimum atomic E-state index is -0.995. The Labute approximate surface area is 92.0 Å². The molecule has 15 heavy (non-hydrogen) atoms. The van der Waals surface area contributed by atoms with Gasteiger partial charge in [0.15, 0.2) is 0 Å². The normalized spacial score (nSPS) is 23.6. The molecule has 0 saturated carbocycles. The van der Waals surface area contributed by atoms with Crippen LogP contribution in [0, 0.1) is 5.92 Å². The molecule has 2 rings (SSSR count). The number of hydrogen-bond donors (Lipinski definition) is 1. The van der Waals surface area contributed by atoms with Crippen molar-refractivity contribution in [2.24, 2.45) is 5.92 Å². The standard InChI is InChI=1S/C10H15N3OS/c14-15(10-7-12-4-5-13-10)8-9-2-1-3-11-6-9/h4-5,7,9,11H,1-3,6,8H2/t9-,15+/m1/s1. The van der Waals surface area contributed by atoms with Gasteiger partial charge in [0.2, 0.25) is 0 Å². The first-order valence-corrected chi connectivity index (χ1v) is 6.53. The number of rotatable bonds is 3. The number of piperidine rings is 1. The van der Waals surface area contributed by atoms with Crippen molar-refractivity contribution in [2.75, 3.05) is 18.8 Å². The van der Waals surface area contributed by atoms with Gasteiger partial charge >= 0.3 is 0 Å². The van der Waals surface area contributed by atoms with Crippen molar-refractivity contribution in [2.45, 2.75) is 17.9 Å². The van der Waals surface area contributed by atoms with Crippen LogP contribution in [0.5, 0.6) is 0 Å². The van der Waals surface area contributed by atoms with Gasteiger partial charge in [-0.2, -0.15) is 0 Å². The lowest BCUT2D eigenvalue weighted by Gasteiger charge is -2.21. The van der Waals surface area contributed by atoms with Crippen LogP contribution in [-0.4, -0.2) is 33.0 Å². The van der Waals surface area contributed by atoms with Crippen LogP contribution in [-0.2, 0) is 10.8 Å². The Morgan fingerprint density at radius 2 is 2.47 bits per heavy atom. The van der Waals surface area contributed by atoms with E-state index < -0.39 is 10.8 Å². The first-order valence-electron chi connectivity index (χ1n) is 5.21. The predicted molar refractivity (Wildman–Crippen MR) is 58.9 cm³/mol. The monoisotopic (exact) mass is 225 g/mol. The molecular formula is C10H15N3OS. The lowest BCUT2D eigenvalue weighted by atomic mass is 10.0. The number of nitrogens with one attached hydrogen (secondary N) is 1. The van der Waals surface area contributed by atoms with Gasteiger partial charge in [-0.05, 0) is 31.8 Å². The topological polar surface area (TPSA) is 54.9 Å². The predicted octanol–water partition coefficient (Wildman–Crippen LogP) is 0.584. The Kier molecular flexibility index (Phi) is 3.80. The molecule has 2 heterocycles. The second kappa shape index (κ2) is 5.32. The first-order chi connectivity index (χ1) is 7.36. The SMILES string of the molecule is O=[S@@](C[C@@H]1CCCNC1)c1cnccn1. The van der Waals surface area contributed by atoms with Crippen molar-refractivity contribution in [1.82, 2.24) is 15.3 Å². The molecule has 0 amide bonds. The van der Waals surface area contributed by atoms with Crippen LogP contribution in [0.15, 0.2) is 23.6 Å². The summed E-state index contributed by atoms with van der Waals surface area (Å²) >= 11 is 0. The molecule has 0 aromatic carbocycles. The molecule has 2 atom stereocenters. The van der Waals surface area contributed by atoms with Crippen molar-refractivity contribution >= 4 is 10.8 Å². The molecule has 1 saturated heterocycles. The molecule has 1 aromatic heterocycles. The van der Waals surface area contributed by atoms with E-state index in [0.717, 1.165) is 13.1 Å². The van der Waals surface area contributed by atoms with E-state index in [1.165, 1.54) is 12.8 Å². The molecule has 1 aliphatic rings. The average Bonchev–Trinajstić information content (AvgIpc) is 2.31. The van der Waals surface area contributed by atoms with E-state index in [0.29, 0.717) is 16.7 Å². The largest absolute Gasteiger partial charge is 0.316 e. The molecule has 1 aliphatic heterocycles. The molecule has 82 valence electrons. The highest BCUT2D eigenvalue weighted by atomic mass is 32.2. The van der Waals surface area contributed by atoms with Crippen LogP contribution in [0.25, 0.3) is 0 Å². The number of nitrogens with zero attached hydrogens (tertiary/aromatic N) is 2. The Hall–Kier alpha value is -0.810. The van der Waals surface area contributed by atoms with Crippen molar-refractivity contribution < 1.29 is 4.21 Å². The molecule has 4 nitrogen and oxygen atoms in total.